The molecule has 2 aromatic rings. The molecule has 0 saturated carbocycles. The number of carbonyl (C=O) groups excluding carboxylic acids is 2. The van der Waals surface area contributed by atoms with E-state index >= 15 is 0 Å². The van der Waals surface area contributed by atoms with Crippen molar-refractivity contribution in [3.63, 3.8) is 0 Å². The van der Waals surface area contributed by atoms with Crippen molar-refractivity contribution in [3.8, 4) is 0 Å². The van der Waals surface area contributed by atoms with E-state index in [2.05, 4.69) is 4.90 Å². The van der Waals surface area contributed by atoms with Gasteiger partial charge < -0.3 is 19.0 Å². The fourth-order valence-corrected chi connectivity index (χ4v) is 3.98. The number of rotatable bonds is 12. The molecule has 0 radical (unpaired) electrons. The Hall–Kier alpha value is -2.71. The molecular weight excluding hydrogens is 437 g/mol. The van der Waals surface area contributed by atoms with Crippen molar-refractivity contribution in [2.24, 2.45) is 5.92 Å². The van der Waals surface area contributed by atoms with E-state index in [0.717, 1.165) is 44.8 Å². The second kappa shape index (κ2) is 13.2. The average Bonchev–Trinajstić information content (AvgIpc) is 3.33. The van der Waals surface area contributed by atoms with Gasteiger partial charge in [-0.05, 0) is 42.2 Å². The average molecular weight is 474 g/mol. The molecule has 0 atom stereocenters. The van der Waals surface area contributed by atoms with Gasteiger partial charge >= 0.3 is 0 Å². The zero-order valence-electron chi connectivity index (χ0n) is 20.2. The van der Waals surface area contributed by atoms with Gasteiger partial charge in [-0.3, -0.25) is 14.5 Å². The van der Waals surface area contributed by atoms with Crippen LogP contribution in [0.2, 0.25) is 0 Å². The second-order valence-corrected chi connectivity index (χ2v) is 9.18. The molecule has 3 rings (SSSR count). The summed E-state index contributed by atoms with van der Waals surface area (Å²) in [5.41, 5.74) is 0.814. The van der Waals surface area contributed by atoms with E-state index in [9.17, 15) is 14.0 Å². The molecule has 34 heavy (non-hydrogen) atoms. The maximum atomic E-state index is 13.4. The van der Waals surface area contributed by atoms with E-state index < -0.39 is 0 Å². The fraction of sp³-hybridized carbons (Fsp3) is 0.538. The number of furan rings is 1. The highest BCUT2D eigenvalue weighted by atomic mass is 19.1. The Kier molecular flexibility index (Phi) is 10.1. The predicted octanol–water partition coefficient (Wildman–Crippen LogP) is 3.54. The molecule has 0 aliphatic carbocycles. The Morgan fingerprint density at radius 2 is 1.76 bits per heavy atom. The van der Waals surface area contributed by atoms with Crippen molar-refractivity contribution < 1.29 is 23.1 Å². The van der Waals surface area contributed by atoms with Crippen LogP contribution in [0.4, 0.5) is 4.39 Å². The van der Waals surface area contributed by atoms with Gasteiger partial charge in [-0.1, -0.05) is 26.0 Å². The minimum Gasteiger partial charge on any atom is -0.467 e. The maximum absolute atomic E-state index is 13.4. The molecule has 1 aliphatic rings. The van der Waals surface area contributed by atoms with Crippen molar-refractivity contribution >= 4 is 11.8 Å². The normalized spacial score (nSPS) is 14.4. The third kappa shape index (κ3) is 8.57. The molecular formula is C26H36FN3O4. The summed E-state index contributed by atoms with van der Waals surface area (Å²) in [4.78, 5) is 32.0. The van der Waals surface area contributed by atoms with E-state index in [0.29, 0.717) is 25.3 Å². The van der Waals surface area contributed by atoms with Crippen molar-refractivity contribution in [3.05, 3.63) is 59.8 Å². The Labute approximate surface area is 201 Å². The van der Waals surface area contributed by atoms with Crippen LogP contribution in [0, 0.1) is 11.7 Å². The summed E-state index contributed by atoms with van der Waals surface area (Å²) >= 11 is 0. The van der Waals surface area contributed by atoms with E-state index in [-0.39, 0.29) is 36.6 Å². The van der Waals surface area contributed by atoms with Gasteiger partial charge in [0, 0.05) is 39.1 Å². The van der Waals surface area contributed by atoms with Crippen molar-refractivity contribution in [1.29, 1.82) is 0 Å². The van der Waals surface area contributed by atoms with Gasteiger partial charge in [0.15, 0.2) is 0 Å². The van der Waals surface area contributed by atoms with Gasteiger partial charge in [-0.2, -0.15) is 0 Å². The van der Waals surface area contributed by atoms with Gasteiger partial charge in [-0.25, -0.2) is 4.39 Å². The molecule has 186 valence electrons. The molecule has 7 nitrogen and oxygen atoms in total. The third-order valence-electron chi connectivity index (χ3n) is 5.83. The van der Waals surface area contributed by atoms with Crippen LogP contribution in [0.5, 0.6) is 0 Å². The first-order valence-corrected chi connectivity index (χ1v) is 12.0. The molecule has 1 saturated heterocycles. The molecule has 0 bridgehead atoms. The minimum atomic E-state index is -0.321. The van der Waals surface area contributed by atoms with E-state index in [4.69, 9.17) is 9.15 Å². The lowest BCUT2D eigenvalue weighted by Crippen LogP contribution is -2.44. The van der Waals surface area contributed by atoms with Crippen LogP contribution in [0.25, 0.3) is 0 Å². The number of amides is 2. The number of hydrogen-bond acceptors (Lipinski definition) is 5. The predicted molar refractivity (Wildman–Crippen MR) is 127 cm³/mol. The zero-order chi connectivity index (χ0) is 24.3. The summed E-state index contributed by atoms with van der Waals surface area (Å²) in [5.74, 6) is 0.373. The Morgan fingerprint density at radius 1 is 1.03 bits per heavy atom. The van der Waals surface area contributed by atoms with Gasteiger partial charge in [-0.15, -0.1) is 0 Å². The first-order valence-electron chi connectivity index (χ1n) is 12.0. The number of halogens is 1. The number of hydrogen-bond donors (Lipinski definition) is 0. The third-order valence-corrected chi connectivity index (χ3v) is 5.83. The molecule has 1 aromatic heterocycles. The highest BCUT2D eigenvalue weighted by Gasteiger charge is 2.23. The lowest BCUT2D eigenvalue weighted by Gasteiger charge is -2.30. The topological polar surface area (TPSA) is 66.2 Å². The van der Waals surface area contributed by atoms with Gasteiger partial charge in [0.2, 0.25) is 11.8 Å². The monoisotopic (exact) mass is 473 g/mol. The molecule has 2 heterocycles. The number of carbonyl (C=O) groups is 2. The summed E-state index contributed by atoms with van der Waals surface area (Å²) in [7, 11) is 0. The smallest absolute Gasteiger partial charge is 0.242 e. The fourth-order valence-electron chi connectivity index (χ4n) is 3.98. The van der Waals surface area contributed by atoms with Crippen LogP contribution in [0.15, 0.2) is 47.1 Å². The molecule has 1 fully saturated rings. The van der Waals surface area contributed by atoms with Crippen LogP contribution >= 0.6 is 0 Å². The van der Waals surface area contributed by atoms with Crippen molar-refractivity contribution in [1.82, 2.24) is 14.7 Å². The molecule has 2 amide bonds. The minimum absolute atomic E-state index is 0.00921. The van der Waals surface area contributed by atoms with E-state index in [1.165, 1.54) is 12.1 Å². The van der Waals surface area contributed by atoms with Crippen LogP contribution in [0.3, 0.4) is 0 Å². The molecule has 0 N–H and O–H groups in total. The van der Waals surface area contributed by atoms with Gasteiger partial charge in [0.25, 0.3) is 0 Å². The lowest BCUT2D eigenvalue weighted by molar-refractivity contribution is -0.142. The number of ether oxygens (including phenoxy) is 1. The number of benzene rings is 1. The summed E-state index contributed by atoms with van der Waals surface area (Å²) in [5, 5.41) is 0. The van der Waals surface area contributed by atoms with Gasteiger partial charge in [0.1, 0.15) is 11.6 Å². The quantitative estimate of drug-likeness (QED) is 0.472. The molecule has 1 aliphatic heterocycles. The zero-order valence-corrected chi connectivity index (χ0v) is 20.2. The highest BCUT2D eigenvalue weighted by molar-refractivity contribution is 5.85. The summed E-state index contributed by atoms with van der Waals surface area (Å²) in [6, 6.07) is 9.70. The lowest BCUT2D eigenvalue weighted by atomic mass is 10.1. The first kappa shape index (κ1) is 25.9. The first-order chi connectivity index (χ1) is 16.4. The molecule has 1 aromatic carbocycles. The van der Waals surface area contributed by atoms with Gasteiger partial charge in [0.05, 0.1) is 32.6 Å². The maximum Gasteiger partial charge on any atom is 0.242 e. The van der Waals surface area contributed by atoms with Crippen LogP contribution in [-0.2, 0) is 27.4 Å². The van der Waals surface area contributed by atoms with E-state index in [1.54, 1.807) is 34.3 Å². The largest absolute Gasteiger partial charge is 0.467 e. The number of nitrogens with zero attached hydrogens (tertiary/aromatic N) is 3. The van der Waals surface area contributed by atoms with Crippen molar-refractivity contribution in [2.45, 2.75) is 39.8 Å². The second-order valence-electron chi connectivity index (χ2n) is 9.18. The molecule has 0 spiro atoms. The van der Waals surface area contributed by atoms with Crippen LogP contribution in [0.1, 0.15) is 38.0 Å². The van der Waals surface area contributed by atoms with E-state index in [1.807, 2.05) is 19.9 Å². The Balaban J connectivity index is 1.66. The SMILES string of the molecule is CC(C)CC(=O)N(CCCN1CCOCC1)CC(=O)N(Cc1ccc(F)cc1)Cc1ccco1. The van der Waals surface area contributed by atoms with Crippen molar-refractivity contribution in [2.75, 3.05) is 45.9 Å². The summed E-state index contributed by atoms with van der Waals surface area (Å²) in [6.45, 7) is 9.26. The van der Waals surface area contributed by atoms with Crippen LogP contribution in [-0.4, -0.2) is 72.5 Å². The summed E-state index contributed by atoms with van der Waals surface area (Å²) in [6.07, 6.45) is 2.77. The Morgan fingerprint density at radius 3 is 2.41 bits per heavy atom. The Bertz CT molecular complexity index is 880. The molecule has 0 unspecified atom stereocenters. The summed E-state index contributed by atoms with van der Waals surface area (Å²) < 4.78 is 24.2. The molecule has 8 heteroatoms. The standard InChI is InChI=1S/C26H36FN3O4/c1-21(2)17-25(31)29(11-4-10-28-12-15-33-16-13-28)20-26(32)30(19-24-5-3-14-34-24)18-22-6-8-23(27)9-7-22/h3,5-9,14,21H,4,10-13,15-20H2,1-2H3. The number of morpholine rings is 1. The highest BCUT2D eigenvalue weighted by Crippen LogP contribution is 2.14. The van der Waals surface area contributed by atoms with Crippen LogP contribution < -0.4 is 0 Å².